The Morgan fingerprint density at radius 1 is 1.09 bits per heavy atom. The van der Waals surface area contributed by atoms with Crippen LogP contribution in [0.2, 0.25) is 0 Å². The van der Waals surface area contributed by atoms with E-state index < -0.39 is 17.7 Å². The third-order valence-corrected chi connectivity index (χ3v) is 8.32. The zero-order chi connectivity index (χ0) is 23.9. The first kappa shape index (κ1) is 23.5. The van der Waals surface area contributed by atoms with E-state index in [0.29, 0.717) is 24.3 Å². The van der Waals surface area contributed by atoms with Crippen molar-refractivity contribution in [1.82, 2.24) is 15.1 Å². The van der Waals surface area contributed by atoms with Crippen molar-refractivity contribution in [3.8, 4) is 0 Å². The number of piperidine rings is 1. The molecule has 0 aromatic heterocycles. The van der Waals surface area contributed by atoms with Gasteiger partial charge < -0.3 is 25.6 Å². The summed E-state index contributed by atoms with van der Waals surface area (Å²) in [6.07, 6.45) is 5.71. The molecule has 1 aromatic carbocycles. The molecule has 0 radical (unpaired) electrons. The summed E-state index contributed by atoms with van der Waals surface area (Å²) in [6.45, 7) is 2.46. The number of rotatable bonds is 4. The van der Waals surface area contributed by atoms with Crippen molar-refractivity contribution in [2.24, 2.45) is 5.73 Å². The van der Waals surface area contributed by atoms with Crippen LogP contribution in [0.3, 0.4) is 0 Å². The number of ketones is 1. The third kappa shape index (κ3) is 4.27. The van der Waals surface area contributed by atoms with E-state index in [-0.39, 0.29) is 36.8 Å². The lowest BCUT2D eigenvalue weighted by molar-refractivity contribution is -0.143. The number of fused-ring (bicyclic) bond motifs is 1. The number of benzene rings is 1. The van der Waals surface area contributed by atoms with Crippen molar-refractivity contribution in [3.63, 3.8) is 0 Å². The largest absolute Gasteiger partial charge is 0.366 e. The molecular weight excluding hydrogens is 432 g/mol. The molecule has 8 heteroatoms. The summed E-state index contributed by atoms with van der Waals surface area (Å²) < 4.78 is 5.56. The number of Topliss-reactive ketones (excluding diaryl/α,β-unsaturated/α-hetero) is 1. The van der Waals surface area contributed by atoms with E-state index in [1.54, 1.807) is 4.90 Å². The van der Waals surface area contributed by atoms with Gasteiger partial charge in [-0.15, -0.1) is 0 Å². The number of hydrogen-bond donors (Lipinski definition) is 2. The van der Waals surface area contributed by atoms with E-state index in [9.17, 15) is 14.4 Å². The highest BCUT2D eigenvalue weighted by molar-refractivity contribution is 6.01. The summed E-state index contributed by atoms with van der Waals surface area (Å²) in [6, 6.07) is 6.84. The Hall–Kier alpha value is -2.29. The number of carbonyl (C=O) groups excluding carboxylic acids is 3. The van der Waals surface area contributed by atoms with Gasteiger partial charge in [0.25, 0.3) is 5.91 Å². The maximum absolute atomic E-state index is 13.9. The van der Waals surface area contributed by atoms with Gasteiger partial charge in [-0.05, 0) is 69.4 Å². The van der Waals surface area contributed by atoms with Crippen LogP contribution in [-0.2, 0) is 14.3 Å². The number of nitrogens with one attached hydrogen (secondary N) is 1. The summed E-state index contributed by atoms with van der Waals surface area (Å²) in [4.78, 5) is 43.6. The number of nitrogens with two attached hydrogens (primary N) is 1. The Morgan fingerprint density at radius 3 is 2.44 bits per heavy atom. The minimum absolute atomic E-state index is 0.00416. The minimum Gasteiger partial charge on any atom is -0.366 e. The predicted octanol–water partition coefficient (Wildman–Crippen LogP) is 1.43. The maximum atomic E-state index is 13.9. The summed E-state index contributed by atoms with van der Waals surface area (Å²) in [5, 5.41) is 3.11. The molecule has 4 fully saturated rings. The quantitative estimate of drug-likeness (QED) is 0.693. The van der Waals surface area contributed by atoms with Gasteiger partial charge in [0.15, 0.2) is 5.78 Å². The smallest absolute Gasteiger partial charge is 0.252 e. The Labute approximate surface area is 201 Å². The molecule has 3 aliphatic heterocycles. The van der Waals surface area contributed by atoms with Crippen molar-refractivity contribution in [2.45, 2.75) is 74.6 Å². The van der Waals surface area contributed by atoms with Gasteiger partial charge in [-0.3, -0.25) is 14.4 Å². The average Bonchev–Trinajstić information content (AvgIpc) is 3.40. The molecule has 34 heavy (non-hydrogen) atoms. The van der Waals surface area contributed by atoms with Crippen molar-refractivity contribution >= 4 is 17.6 Å². The van der Waals surface area contributed by atoms with E-state index >= 15 is 0 Å². The average molecular weight is 469 g/mol. The van der Waals surface area contributed by atoms with Crippen molar-refractivity contribution in [2.75, 3.05) is 33.3 Å². The van der Waals surface area contributed by atoms with Crippen LogP contribution < -0.4 is 11.1 Å². The molecule has 3 heterocycles. The van der Waals surface area contributed by atoms with Gasteiger partial charge in [0, 0.05) is 12.1 Å². The second kappa shape index (κ2) is 9.40. The van der Waals surface area contributed by atoms with Gasteiger partial charge in [0.05, 0.1) is 6.04 Å². The maximum Gasteiger partial charge on any atom is 0.252 e. The van der Waals surface area contributed by atoms with Crippen LogP contribution in [-0.4, -0.2) is 84.4 Å². The number of nitrogens with zero attached hydrogens (tertiary/aromatic N) is 2. The standard InChI is InChI=1S/C26H36N4O4/c1-29-13-9-18(10-14-29)17-5-7-19(8-6-17)24(32)28-26(11-3-2-4-12-26)25(33)30-15-20(27)23-22(30)21(31)16-34-23/h5-8,18,20,22-23H,2-4,9-16,27H2,1H3,(H,28,32)/t20-,22-,23-/m1/s1. The van der Waals surface area contributed by atoms with Crippen molar-refractivity contribution in [1.29, 1.82) is 0 Å². The second-order valence-corrected chi connectivity index (χ2v) is 10.6. The van der Waals surface area contributed by atoms with E-state index in [1.165, 1.54) is 5.56 Å². The normalized spacial score (nSPS) is 29.8. The zero-order valence-electron chi connectivity index (χ0n) is 20.0. The molecule has 1 aliphatic carbocycles. The SMILES string of the molecule is CN1CCC(c2ccc(C(=O)NC3(C(=O)N4C[C@@H](N)[C@H]5OCC(=O)[C@H]54)CCCCC3)cc2)CC1. The molecule has 5 rings (SSSR count). The highest BCUT2D eigenvalue weighted by atomic mass is 16.5. The van der Waals surface area contributed by atoms with Gasteiger partial charge in [-0.2, -0.15) is 0 Å². The summed E-state index contributed by atoms with van der Waals surface area (Å²) in [5.41, 5.74) is 7.03. The minimum atomic E-state index is -1.00. The van der Waals surface area contributed by atoms with Gasteiger partial charge >= 0.3 is 0 Å². The van der Waals surface area contributed by atoms with Crippen LogP contribution in [0.5, 0.6) is 0 Å². The van der Waals surface area contributed by atoms with Gasteiger partial charge in [-0.1, -0.05) is 31.4 Å². The Bertz CT molecular complexity index is 935. The molecule has 0 spiro atoms. The number of likely N-dealkylation sites (tertiary alicyclic amines) is 2. The van der Waals surface area contributed by atoms with Crippen LogP contribution in [0, 0.1) is 0 Å². The van der Waals surface area contributed by atoms with Crippen molar-refractivity contribution < 1.29 is 19.1 Å². The van der Waals surface area contributed by atoms with E-state index in [1.807, 2.05) is 12.1 Å². The van der Waals surface area contributed by atoms with Gasteiger partial charge in [0.1, 0.15) is 24.3 Å². The fourth-order valence-electron chi connectivity index (χ4n) is 6.26. The second-order valence-electron chi connectivity index (χ2n) is 10.6. The topological polar surface area (TPSA) is 105 Å². The molecule has 0 unspecified atom stereocenters. The summed E-state index contributed by atoms with van der Waals surface area (Å²) in [7, 11) is 2.15. The lowest BCUT2D eigenvalue weighted by Gasteiger charge is -2.40. The molecule has 4 aliphatic rings. The fraction of sp³-hybridized carbons (Fsp3) is 0.654. The molecule has 3 N–H and O–H groups in total. The summed E-state index contributed by atoms with van der Waals surface area (Å²) in [5.74, 6) is -0.00402. The highest BCUT2D eigenvalue weighted by Gasteiger charge is 2.55. The number of hydrogen-bond acceptors (Lipinski definition) is 6. The molecular formula is C26H36N4O4. The van der Waals surface area contributed by atoms with Crippen LogP contribution in [0.15, 0.2) is 24.3 Å². The molecule has 1 aromatic rings. The monoisotopic (exact) mass is 468 g/mol. The molecule has 3 atom stereocenters. The Kier molecular flexibility index (Phi) is 6.48. The fourth-order valence-corrected chi connectivity index (χ4v) is 6.26. The van der Waals surface area contributed by atoms with Gasteiger partial charge in [0.2, 0.25) is 5.91 Å². The summed E-state index contributed by atoms with van der Waals surface area (Å²) >= 11 is 0. The van der Waals surface area contributed by atoms with Crippen LogP contribution in [0.1, 0.15) is 66.8 Å². The lowest BCUT2D eigenvalue weighted by Crippen LogP contribution is -2.62. The van der Waals surface area contributed by atoms with Gasteiger partial charge in [-0.25, -0.2) is 0 Å². The van der Waals surface area contributed by atoms with Crippen LogP contribution in [0.25, 0.3) is 0 Å². The Balaban J connectivity index is 1.32. The highest BCUT2D eigenvalue weighted by Crippen LogP contribution is 2.35. The van der Waals surface area contributed by atoms with Crippen LogP contribution >= 0.6 is 0 Å². The molecule has 184 valence electrons. The first-order chi connectivity index (χ1) is 16.4. The first-order valence-corrected chi connectivity index (χ1v) is 12.7. The zero-order valence-corrected chi connectivity index (χ0v) is 20.0. The molecule has 8 nitrogen and oxygen atoms in total. The molecule has 0 bridgehead atoms. The van der Waals surface area contributed by atoms with E-state index in [2.05, 4.69) is 29.4 Å². The third-order valence-electron chi connectivity index (χ3n) is 8.32. The number of amides is 2. The van der Waals surface area contributed by atoms with Crippen molar-refractivity contribution in [3.05, 3.63) is 35.4 Å². The number of carbonyl (C=O) groups is 3. The van der Waals surface area contributed by atoms with E-state index in [4.69, 9.17) is 10.5 Å². The first-order valence-electron chi connectivity index (χ1n) is 12.7. The molecule has 3 saturated heterocycles. The number of ether oxygens (including phenoxy) is 1. The predicted molar refractivity (Wildman–Crippen MR) is 127 cm³/mol. The molecule has 1 saturated carbocycles. The lowest BCUT2D eigenvalue weighted by atomic mass is 9.80. The molecule has 2 amide bonds. The Morgan fingerprint density at radius 2 is 1.76 bits per heavy atom. The van der Waals surface area contributed by atoms with Crippen LogP contribution in [0.4, 0.5) is 0 Å². The van der Waals surface area contributed by atoms with E-state index in [0.717, 1.165) is 45.2 Å².